The van der Waals surface area contributed by atoms with Crippen LogP contribution in [-0.2, 0) is 9.53 Å². The number of nitrogens with two attached hydrogens (primary N) is 1. The normalized spacial score (nSPS) is 27.1. The molecule has 5 nitrogen and oxygen atoms in total. The van der Waals surface area contributed by atoms with Crippen molar-refractivity contribution in [3.05, 3.63) is 0 Å². The van der Waals surface area contributed by atoms with Crippen LogP contribution in [0.15, 0.2) is 0 Å². The van der Waals surface area contributed by atoms with Crippen molar-refractivity contribution in [1.29, 1.82) is 0 Å². The van der Waals surface area contributed by atoms with Crippen LogP contribution in [0.1, 0.15) is 32.6 Å². The molecular formula is C14H29N3O2. The molecule has 1 rings (SSSR count). The van der Waals surface area contributed by atoms with Gasteiger partial charge in [-0.3, -0.25) is 4.79 Å². The number of nitrogens with one attached hydrogen (secondary N) is 1. The number of rotatable bonds is 9. The van der Waals surface area contributed by atoms with E-state index in [1.807, 2.05) is 14.0 Å². The Labute approximate surface area is 116 Å². The molecule has 1 fully saturated rings. The van der Waals surface area contributed by atoms with Crippen molar-refractivity contribution >= 4 is 5.91 Å². The van der Waals surface area contributed by atoms with Crippen molar-refractivity contribution in [3.8, 4) is 0 Å². The highest BCUT2D eigenvalue weighted by atomic mass is 16.5. The van der Waals surface area contributed by atoms with Crippen LogP contribution in [0.5, 0.6) is 0 Å². The van der Waals surface area contributed by atoms with Crippen molar-refractivity contribution in [1.82, 2.24) is 10.2 Å². The molecular weight excluding hydrogens is 242 g/mol. The van der Waals surface area contributed by atoms with Crippen LogP contribution in [-0.4, -0.2) is 56.7 Å². The summed E-state index contributed by atoms with van der Waals surface area (Å²) in [6.07, 6.45) is 4.04. The maximum absolute atomic E-state index is 11.7. The number of nitrogens with zero attached hydrogens (tertiary/aromatic N) is 1. The predicted molar refractivity (Wildman–Crippen MR) is 76.9 cm³/mol. The minimum absolute atomic E-state index is 0.200. The first kappa shape index (κ1) is 16.4. The third-order valence-corrected chi connectivity index (χ3v) is 4.39. The molecule has 1 saturated carbocycles. The molecule has 0 aromatic heterocycles. The Balaban J connectivity index is 2.41. The Morgan fingerprint density at radius 2 is 2.26 bits per heavy atom. The number of likely N-dealkylation sites (N-methyl/N-ethyl adjacent to an activating group) is 2. The van der Waals surface area contributed by atoms with E-state index < -0.39 is 5.54 Å². The molecule has 1 amide bonds. The quantitative estimate of drug-likeness (QED) is 0.602. The van der Waals surface area contributed by atoms with E-state index in [0.717, 1.165) is 52.0 Å². The zero-order valence-corrected chi connectivity index (χ0v) is 12.6. The summed E-state index contributed by atoms with van der Waals surface area (Å²) >= 11 is 0. The highest BCUT2D eigenvalue weighted by molar-refractivity contribution is 5.85. The van der Waals surface area contributed by atoms with Crippen molar-refractivity contribution in [2.45, 2.75) is 38.1 Å². The molecule has 0 bridgehead atoms. The van der Waals surface area contributed by atoms with E-state index in [2.05, 4.69) is 17.3 Å². The molecule has 1 aliphatic rings. The molecule has 112 valence electrons. The fourth-order valence-corrected chi connectivity index (χ4v) is 3.10. The molecule has 0 aromatic rings. The first-order valence-corrected chi connectivity index (χ1v) is 7.32. The van der Waals surface area contributed by atoms with Crippen molar-refractivity contribution in [2.75, 3.05) is 40.4 Å². The van der Waals surface area contributed by atoms with Crippen LogP contribution in [0.3, 0.4) is 0 Å². The molecule has 0 heterocycles. The van der Waals surface area contributed by atoms with Gasteiger partial charge in [0.05, 0.1) is 6.61 Å². The molecule has 2 atom stereocenters. The van der Waals surface area contributed by atoms with E-state index in [1.165, 1.54) is 0 Å². The zero-order chi connectivity index (χ0) is 14.3. The van der Waals surface area contributed by atoms with Gasteiger partial charge in [0, 0.05) is 13.2 Å². The lowest BCUT2D eigenvalue weighted by molar-refractivity contribution is -0.125. The van der Waals surface area contributed by atoms with E-state index in [0.29, 0.717) is 5.92 Å². The van der Waals surface area contributed by atoms with Gasteiger partial charge in [0.1, 0.15) is 5.54 Å². The lowest BCUT2D eigenvalue weighted by Crippen LogP contribution is -2.56. The molecule has 0 spiro atoms. The Morgan fingerprint density at radius 1 is 1.53 bits per heavy atom. The Morgan fingerprint density at radius 3 is 2.84 bits per heavy atom. The van der Waals surface area contributed by atoms with E-state index in [4.69, 9.17) is 10.5 Å². The smallest absolute Gasteiger partial charge is 0.238 e. The maximum atomic E-state index is 11.7. The van der Waals surface area contributed by atoms with Gasteiger partial charge in [0.15, 0.2) is 0 Å². The van der Waals surface area contributed by atoms with Crippen LogP contribution in [0.25, 0.3) is 0 Å². The predicted octanol–water partition coefficient (Wildman–Crippen LogP) is 0.588. The molecule has 0 saturated heterocycles. The van der Waals surface area contributed by atoms with E-state index in [9.17, 15) is 4.79 Å². The molecule has 0 radical (unpaired) electrons. The van der Waals surface area contributed by atoms with E-state index >= 15 is 0 Å². The monoisotopic (exact) mass is 271 g/mol. The topological polar surface area (TPSA) is 67.6 Å². The molecule has 19 heavy (non-hydrogen) atoms. The number of carbonyl (C=O) groups excluding carboxylic acids is 1. The van der Waals surface area contributed by atoms with Crippen LogP contribution in [0, 0.1) is 5.92 Å². The summed E-state index contributed by atoms with van der Waals surface area (Å²) in [4.78, 5) is 14.0. The second kappa shape index (κ2) is 7.82. The van der Waals surface area contributed by atoms with Gasteiger partial charge in [0.25, 0.3) is 0 Å². The van der Waals surface area contributed by atoms with Gasteiger partial charge in [-0.25, -0.2) is 0 Å². The summed E-state index contributed by atoms with van der Waals surface area (Å²) in [5.74, 6) is 0.152. The highest BCUT2D eigenvalue weighted by Gasteiger charge is 2.46. The summed E-state index contributed by atoms with van der Waals surface area (Å²) in [6.45, 7) is 5.45. The number of hydrogen-bond acceptors (Lipinski definition) is 4. The Kier molecular flexibility index (Phi) is 6.75. The first-order chi connectivity index (χ1) is 9.06. The third-order valence-electron chi connectivity index (χ3n) is 4.39. The van der Waals surface area contributed by atoms with Crippen molar-refractivity contribution in [2.24, 2.45) is 11.7 Å². The molecule has 3 N–H and O–H groups in total. The van der Waals surface area contributed by atoms with Gasteiger partial charge in [-0.05, 0) is 52.7 Å². The molecule has 0 aliphatic heterocycles. The standard InChI is InChI=1S/C14H29N3O2/c1-4-19-11-10-17(3)9-7-12-6-5-8-14(12,16-2)13(15)18/h12,16H,4-11H2,1-3H3,(H2,15,18). The Bertz CT molecular complexity index is 286. The molecule has 5 heteroatoms. The van der Waals surface area contributed by atoms with Gasteiger partial charge >= 0.3 is 0 Å². The largest absolute Gasteiger partial charge is 0.380 e. The van der Waals surface area contributed by atoms with Crippen LogP contribution >= 0.6 is 0 Å². The number of amides is 1. The van der Waals surface area contributed by atoms with Crippen LogP contribution in [0.2, 0.25) is 0 Å². The number of ether oxygens (including phenoxy) is 1. The Hall–Kier alpha value is -0.650. The molecule has 0 aromatic carbocycles. The summed E-state index contributed by atoms with van der Waals surface area (Å²) in [6, 6.07) is 0. The average molecular weight is 271 g/mol. The summed E-state index contributed by atoms with van der Waals surface area (Å²) < 4.78 is 5.35. The van der Waals surface area contributed by atoms with Gasteiger partial charge in [-0.1, -0.05) is 6.42 Å². The highest BCUT2D eigenvalue weighted by Crippen LogP contribution is 2.37. The summed E-state index contributed by atoms with van der Waals surface area (Å²) in [5.41, 5.74) is 5.12. The lowest BCUT2D eigenvalue weighted by Gasteiger charge is -2.33. The lowest BCUT2D eigenvalue weighted by atomic mass is 9.84. The minimum atomic E-state index is -0.485. The molecule has 1 aliphatic carbocycles. The zero-order valence-electron chi connectivity index (χ0n) is 12.6. The van der Waals surface area contributed by atoms with E-state index in [-0.39, 0.29) is 5.91 Å². The van der Waals surface area contributed by atoms with Crippen molar-refractivity contribution in [3.63, 3.8) is 0 Å². The fraction of sp³-hybridized carbons (Fsp3) is 0.929. The molecule has 2 unspecified atom stereocenters. The summed E-state index contributed by atoms with van der Waals surface area (Å²) in [7, 11) is 3.95. The van der Waals surface area contributed by atoms with Crippen LogP contribution < -0.4 is 11.1 Å². The fourth-order valence-electron chi connectivity index (χ4n) is 3.10. The maximum Gasteiger partial charge on any atom is 0.238 e. The van der Waals surface area contributed by atoms with Gasteiger partial charge in [-0.2, -0.15) is 0 Å². The van der Waals surface area contributed by atoms with Crippen LogP contribution in [0.4, 0.5) is 0 Å². The van der Waals surface area contributed by atoms with Crippen molar-refractivity contribution < 1.29 is 9.53 Å². The second-order valence-electron chi connectivity index (χ2n) is 5.46. The third kappa shape index (κ3) is 4.16. The SMILES string of the molecule is CCOCCN(C)CCC1CCCC1(NC)C(N)=O. The van der Waals surface area contributed by atoms with Gasteiger partial charge in [0.2, 0.25) is 5.91 Å². The number of carbonyl (C=O) groups is 1. The average Bonchev–Trinajstić information content (AvgIpc) is 2.80. The van der Waals surface area contributed by atoms with Gasteiger partial charge < -0.3 is 20.7 Å². The van der Waals surface area contributed by atoms with Gasteiger partial charge in [-0.15, -0.1) is 0 Å². The summed E-state index contributed by atoms with van der Waals surface area (Å²) in [5, 5.41) is 3.19. The van der Waals surface area contributed by atoms with E-state index in [1.54, 1.807) is 0 Å². The number of primary amides is 1. The second-order valence-corrected chi connectivity index (χ2v) is 5.46. The minimum Gasteiger partial charge on any atom is -0.380 e. The number of hydrogen-bond donors (Lipinski definition) is 2. The first-order valence-electron chi connectivity index (χ1n) is 7.32.